The highest BCUT2D eigenvalue weighted by Crippen LogP contribution is 2.45. The molecule has 30 heavy (non-hydrogen) atoms. The summed E-state index contributed by atoms with van der Waals surface area (Å²) in [5.41, 5.74) is 10.4. The van der Waals surface area contributed by atoms with Crippen LogP contribution in [0.4, 0.5) is 5.69 Å². The maximum Gasteiger partial charge on any atom is 0.213 e. The van der Waals surface area contributed by atoms with Crippen molar-refractivity contribution < 1.29 is 14.2 Å². The number of nitrogens with zero attached hydrogens (tertiary/aromatic N) is 1. The number of aryl methyl sites for hydroxylation is 1. The molecule has 0 aliphatic heterocycles. The van der Waals surface area contributed by atoms with Crippen molar-refractivity contribution >= 4 is 16.6 Å². The number of aromatic nitrogens is 1. The van der Waals surface area contributed by atoms with E-state index in [2.05, 4.69) is 19.2 Å². The first-order valence-corrected chi connectivity index (χ1v) is 10.2. The highest BCUT2D eigenvalue weighted by Gasteiger charge is 2.21. The molecule has 3 N–H and O–H groups in total. The Morgan fingerprint density at radius 3 is 2.43 bits per heavy atom. The number of para-hydroxylation sites is 1. The first kappa shape index (κ1) is 21.7. The van der Waals surface area contributed by atoms with Crippen molar-refractivity contribution in [2.24, 2.45) is 5.73 Å². The first-order valence-electron chi connectivity index (χ1n) is 10.2. The highest BCUT2D eigenvalue weighted by molar-refractivity contribution is 6.07. The number of methoxy groups -OCH3 is 3. The average Bonchev–Trinajstić information content (AvgIpc) is 2.77. The summed E-state index contributed by atoms with van der Waals surface area (Å²) in [7, 11) is 5.00. The molecule has 0 aliphatic carbocycles. The van der Waals surface area contributed by atoms with Crippen molar-refractivity contribution in [1.29, 1.82) is 0 Å². The number of nitrogens with two attached hydrogens (primary N) is 1. The topological polar surface area (TPSA) is 78.6 Å². The van der Waals surface area contributed by atoms with Gasteiger partial charge in [-0.25, -0.2) is 4.98 Å². The van der Waals surface area contributed by atoms with Crippen LogP contribution in [0.25, 0.3) is 22.0 Å². The summed E-state index contributed by atoms with van der Waals surface area (Å²) in [6, 6.07) is 12.1. The van der Waals surface area contributed by atoms with E-state index in [0.29, 0.717) is 12.4 Å². The summed E-state index contributed by atoms with van der Waals surface area (Å²) < 4.78 is 17.0. The van der Waals surface area contributed by atoms with E-state index in [0.717, 1.165) is 57.6 Å². The van der Waals surface area contributed by atoms with Crippen molar-refractivity contribution in [3.8, 4) is 28.5 Å². The molecule has 1 aromatic heterocycles. The lowest BCUT2D eigenvalue weighted by molar-refractivity contribution is 0.399. The molecule has 0 fully saturated rings. The van der Waals surface area contributed by atoms with Crippen LogP contribution in [0.3, 0.4) is 0 Å². The Balaban J connectivity index is 2.31. The Hall–Kier alpha value is -2.99. The Morgan fingerprint density at radius 1 is 1.03 bits per heavy atom. The van der Waals surface area contributed by atoms with Gasteiger partial charge in [-0.3, -0.25) is 0 Å². The molecule has 0 amide bonds. The van der Waals surface area contributed by atoms with Crippen LogP contribution >= 0.6 is 0 Å². The largest absolute Gasteiger partial charge is 0.496 e. The predicted octanol–water partition coefficient (Wildman–Crippen LogP) is 4.78. The number of hydrogen-bond donors (Lipinski definition) is 2. The number of benzene rings is 2. The van der Waals surface area contributed by atoms with Crippen LogP contribution in [0, 0.1) is 6.92 Å². The molecule has 6 nitrogen and oxygen atoms in total. The maximum absolute atomic E-state index is 5.85. The quantitative estimate of drug-likeness (QED) is 0.530. The number of ether oxygens (including phenoxy) is 3. The van der Waals surface area contributed by atoms with E-state index in [1.807, 2.05) is 36.4 Å². The van der Waals surface area contributed by atoms with Crippen LogP contribution in [0.2, 0.25) is 0 Å². The van der Waals surface area contributed by atoms with Gasteiger partial charge in [0.25, 0.3) is 0 Å². The molecule has 3 rings (SSSR count). The van der Waals surface area contributed by atoms with Crippen LogP contribution in [0.5, 0.6) is 17.4 Å². The van der Waals surface area contributed by atoms with Gasteiger partial charge in [0.1, 0.15) is 11.5 Å². The van der Waals surface area contributed by atoms with E-state index in [4.69, 9.17) is 24.9 Å². The Morgan fingerprint density at radius 2 is 1.77 bits per heavy atom. The lowest BCUT2D eigenvalue weighted by Gasteiger charge is -2.22. The third-order valence-electron chi connectivity index (χ3n) is 5.27. The Kier molecular flexibility index (Phi) is 7.00. The summed E-state index contributed by atoms with van der Waals surface area (Å²) in [6.07, 6.45) is 1.93. The second kappa shape index (κ2) is 9.67. The molecule has 0 saturated carbocycles. The minimum Gasteiger partial charge on any atom is -0.496 e. The van der Waals surface area contributed by atoms with Crippen molar-refractivity contribution in [2.75, 3.05) is 33.2 Å². The normalized spacial score (nSPS) is 11.9. The van der Waals surface area contributed by atoms with E-state index in [1.165, 1.54) is 0 Å². The fourth-order valence-electron chi connectivity index (χ4n) is 3.80. The SMILES string of the molecule is COc1cc(C)c2c(-c3ccccc3OC)c(OC)cc(NC(C)CCCN)c2n1. The van der Waals surface area contributed by atoms with E-state index in [9.17, 15) is 0 Å². The standard InChI is InChI=1S/C24H31N3O3/c1-15-13-21(30-5)27-24-18(26-16(2)9-8-12-25)14-20(29-4)23(22(15)24)17-10-6-7-11-19(17)28-3/h6-7,10-11,13-14,16,26H,8-9,12,25H2,1-5H3. The number of pyridine rings is 1. The molecule has 3 aromatic rings. The minimum absolute atomic E-state index is 0.242. The highest BCUT2D eigenvalue weighted by atomic mass is 16.5. The van der Waals surface area contributed by atoms with E-state index >= 15 is 0 Å². The van der Waals surface area contributed by atoms with Crippen molar-refractivity contribution in [1.82, 2.24) is 4.98 Å². The Labute approximate surface area is 178 Å². The van der Waals surface area contributed by atoms with Gasteiger partial charge in [0.15, 0.2) is 0 Å². The van der Waals surface area contributed by atoms with Crippen molar-refractivity contribution in [3.05, 3.63) is 42.0 Å². The lowest BCUT2D eigenvalue weighted by Crippen LogP contribution is -2.17. The zero-order valence-electron chi connectivity index (χ0n) is 18.4. The third kappa shape index (κ3) is 4.28. The molecular weight excluding hydrogens is 378 g/mol. The van der Waals surface area contributed by atoms with Gasteiger partial charge in [0, 0.05) is 34.7 Å². The molecule has 1 atom stereocenters. The second-order valence-electron chi connectivity index (χ2n) is 7.38. The van der Waals surface area contributed by atoms with Gasteiger partial charge in [0.05, 0.1) is 32.5 Å². The summed E-state index contributed by atoms with van der Waals surface area (Å²) in [6.45, 7) is 4.88. The van der Waals surface area contributed by atoms with Crippen LogP contribution < -0.4 is 25.3 Å². The molecule has 0 spiro atoms. The molecule has 6 heteroatoms. The second-order valence-corrected chi connectivity index (χ2v) is 7.38. The molecule has 0 radical (unpaired) electrons. The average molecular weight is 410 g/mol. The first-order chi connectivity index (χ1) is 14.5. The van der Waals surface area contributed by atoms with Crippen LogP contribution in [-0.4, -0.2) is 38.9 Å². The zero-order valence-corrected chi connectivity index (χ0v) is 18.4. The van der Waals surface area contributed by atoms with Gasteiger partial charge in [0.2, 0.25) is 5.88 Å². The van der Waals surface area contributed by atoms with E-state index in [-0.39, 0.29) is 6.04 Å². The third-order valence-corrected chi connectivity index (χ3v) is 5.27. The fraction of sp³-hybridized carbons (Fsp3) is 0.375. The molecule has 160 valence electrons. The van der Waals surface area contributed by atoms with Crippen molar-refractivity contribution in [3.63, 3.8) is 0 Å². The van der Waals surface area contributed by atoms with Crippen LogP contribution in [-0.2, 0) is 0 Å². The predicted molar refractivity (Wildman–Crippen MR) is 123 cm³/mol. The summed E-state index contributed by atoms with van der Waals surface area (Å²) in [4.78, 5) is 4.80. The summed E-state index contributed by atoms with van der Waals surface area (Å²) in [5, 5.41) is 4.60. The van der Waals surface area contributed by atoms with Gasteiger partial charge >= 0.3 is 0 Å². The molecule has 2 aromatic carbocycles. The van der Waals surface area contributed by atoms with Gasteiger partial charge in [-0.15, -0.1) is 0 Å². The van der Waals surface area contributed by atoms with Gasteiger partial charge in [-0.2, -0.15) is 0 Å². The molecular formula is C24H31N3O3. The minimum atomic E-state index is 0.242. The number of nitrogens with one attached hydrogen (secondary N) is 1. The Bertz CT molecular complexity index is 1020. The summed E-state index contributed by atoms with van der Waals surface area (Å²) in [5.74, 6) is 2.12. The molecule has 1 unspecified atom stereocenters. The van der Waals surface area contributed by atoms with Crippen LogP contribution in [0.15, 0.2) is 36.4 Å². The fourth-order valence-corrected chi connectivity index (χ4v) is 3.80. The molecule has 0 aliphatic rings. The van der Waals surface area contributed by atoms with Gasteiger partial charge < -0.3 is 25.3 Å². The van der Waals surface area contributed by atoms with Gasteiger partial charge in [-0.1, -0.05) is 18.2 Å². The molecule has 0 bridgehead atoms. The van der Waals surface area contributed by atoms with E-state index < -0.39 is 0 Å². The summed E-state index contributed by atoms with van der Waals surface area (Å²) >= 11 is 0. The van der Waals surface area contributed by atoms with E-state index in [1.54, 1.807) is 21.3 Å². The zero-order chi connectivity index (χ0) is 21.7. The van der Waals surface area contributed by atoms with Gasteiger partial charge in [-0.05, 0) is 44.9 Å². The molecule has 1 heterocycles. The van der Waals surface area contributed by atoms with Crippen LogP contribution in [0.1, 0.15) is 25.3 Å². The maximum atomic E-state index is 5.85. The number of hydrogen-bond acceptors (Lipinski definition) is 6. The molecule has 0 saturated heterocycles. The smallest absolute Gasteiger partial charge is 0.213 e. The number of fused-ring (bicyclic) bond motifs is 1. The number of anilines is 1. The number of rotatable bonds is 9. The van der Waals surface area contributed by atoms with Crippen molar-refractivity contribution in [2.45, 2.75) is 32.7 Å². The monoisotopic (exact) mass is 409 g/mol. The lowest BCUT2D eigenvalue weighted by atomic mass is 9.94.